The Hall–Kier alpha value is -1.31. The topological polar surface area (TPSA) is 51.4 Å². The van der Waals surface area contributed by atoms with Gasteiger partial charge < -0.3 is 15.2 Å². The Balaban J connectivity index is 1.54. The van der Waals surface area contributed by atoms with Gasteiger partial charge in [0, 0.05) is 65.7 Å². The summed E-state index contributed by atoms with van der Waals surface area (Å²) >= 11 is 4.18. The molecule has 3 atom stereocenters. The number of fused-ring (bicyclic) bond motifs is 2. The molecule has 2 aromatic rings. The zero-order valence-corrected chi connectivity index (χ0v) is 22.8. The quantitative estimate of drug-likeness (QED) is 0.508. The molecule has 5 rings (SSSR count). The van der Waals surface area contributed by atoms with Crippen LogP contribution in [0.1, 0.15) is 73.4 Å². The first-order valence-electron chi connectivity index (χ1n) is 13.3. The number of amides is 2. The van der Waals surface area contributed by atoms with Crippen LogP contribution in [-0.2, 0) is 12.8 Å². The van der Waals surface area contributed by atoms with Gasteiger partial charge in [-0.05, 0) is 68.8 Å². The molecule has 0 radical (unpaired) electrons. The van der Waals surface area contributed by atoms with Gasteiger partial charge in [0.1, 0.15) is 0 Å². The summed E-state index contributed by atoms with van der Waals surface area (Å²) in [4.78, 5) is 21.4. The Kier molecular flexibility index (Phi) is 7.43. The van der Waals surface area contributed by atoms with Crippen LogP contribution in [-0.4, -0.2) is 70.6 Å². The van der Waals surface area contributed by atoms with Gasteiger partial charge in [-0.2, -0.15) is 0 Å². The van der Waals surface area contributed by atoms with Crippen molar-refractivity contribution in [1.29, 1.82) is 0 Å². The monoisotopic (exact) mass is 500 g/mol. The SMILES string of the molecule is CCCN1C[C@@H](NC(=O)N(CC)CC)CC2c3cc(C4SCCS4)cc4[nH]c(CC)c(c34)C[C@H]21. The van der Waals surface area contributed by atoms with Crippen LogP contribution in [0.5, 0.6) is 0 Å². The van der Waals surface area contributed by atoms with Crippen molar-refractivity contribution in [2.24, 2.45) is 0 Å². The predicted molar refractivity (Wildman–Crippen MR) is 147 cm³/mol. The maximum atomic E-state index is 12.9. The maximum absolute atomic E-state index is 12.9. The van der Waals surface area contributed by atoms with E-state index >= 15 is 0 Å². The van der Waals surface area contributed by atoms with Crippen molar-refractivity contribution in [2.75, 3.05) is 37.7 Å². The molecule has 186 valence electrons. The predicted octanol–water partition coefficient (Wildman–Crippen LogP) is 5.75. The number of carbonyl (C=O) groups excluding carboxylic acids is 1. The van der Waals surface area contributed by atoms with Crippen LogP contribution in [0.15, 0.2) is 12.1 Å². The van der Waals surface area contributed by atoms with E-state index in [4.69, 9.17) is 0 Å². The van der Waals surface area contributed by atoms with Crippen molar-refractivity contribution in [1.82, 2.24) is 20.1 Å². The third-order valence-electron chi connectivity index (χ3n) is 8.02. The number of thioether (sulfide) groups is 2. The zero-order valence-electron chi connectivity index (χ0n) is 21.2. The molecule has 3 aliphatic rings. The number of aryl methyl sites for hydroxylation is 1. The van der Waals surface area contributed by atoms with Crippen molar-refractivity contribution < 1.29 is 4.79 Å². The first-order chi connectivity index (χ1) is 16.6. The smallest absolute Gasteiger partial charge is 0.317 e. The Morgan fingerprint density at radius 1 is 1.18 bits per heavy atom. The molecule has 0 bridgehead atoms. The second-order valence-corrected chi connectivity index (χ2v) is 12.7. The number of aromatic amines is 1. The fourth-order valence-electron chi connectivity index (χ4n) is 6.47. The highest BCUT2D eigenvalue weighted by atomic mass is 32.2. The number of carbonyl (C=O) groups is 1. The van der Waals surface area contributed by atoms with Gasteiger partial charge >= 0.3 is 6.03 Å². The molecule has 3 heterocycles. The molecule has 0 saturated carbocycles. The van der Waals surface area contributed by atoms with Crippen molar-refractivity contribution in [3.05, 3.63) is 34.5 Å². The van der Waals surface area contributed by atoms with Crippen molar-refractivity contribution in [2.45, 2.75) is 76.0 Å². The number of benzene rings is 1. The minimum atomic E-state index is 0.0916. The average molecular weight is 501 g/mol. The summed E-state index contributed by atoms with van der Waals surface area (Å²) in [5.41, 5.74) is 7.32. The van der Waals surface area contributed by atoms with Crippen molar-refractivity contribution in [3.8, 4) is 0 Å². The molecule has 7 heteroatoms. The molecule has 1 unspecified atom stereocenters. The van der Waals surface area contributed by atoms with E-state index in [-0.39, 0.29) is 12.1 Å². The number of aromatic nitrogens is 1. The molecule has 2 N–H and O–H groups in total. The van der Waals surface area contributed by atoms with E-state index in [0.717, 1.165) is 51.9 Å². The normalized spacial score (nSPS) is 25.0. The summed E-state index contributed by atoms with van der Waals surface area (Å²) in [7, 11) is 0. The van der Waals surface area contributed by atoms with Crippen LogP contribution in [0.3, 0.4) is 0 Å². The number of likely N-dealkylation sites (tertiary alicyclic amines) is 1. The Morgan fingerprint density at radius 2 is 1.94 bits per heavy atom. The largest absolute Gasteiger partial charge is 0.358 e. The molecule has 5 nitrogen and oxygen atoms in total. The van der Waals surface area contributed by atoms with Crippen LogP contribution in [0.4, 0.5) is 4.79 Å². The number of hydrogen-bond donors (Lipinski definition) is 2. The van der Waals surface area contributed by atoms with Crippen LogP contribution in [0.2, 0.25) is 0 Å². The van der Waals surface area contributed by atoms with E-state index < -0.39 is 0 Å². The van der Waals surface area contributed by atoms with Gasteiger partial charge in [-0.1, -0.05) is 19.9 Å². The standard InChI is InChI=1S/C27H40N4OS2/c1-5-9-31-16-18(28-27(32)30(7-3)8-4)14-19-20-12-17(26-33-10-11-34-26)13-23-25(20)21(15-24(19)31)22(6-2)29-23/h12-13,18-19,24,26,29H,5-11,14-16H2,1-4H3,(H,28,32)/t18-,19?,24+/m0/s1. The van der Waals surface area contributed by atoms with E-state index in [1.807, 2.05) is 4.90 Å². The van der Waals surface area contributed by atoms with Gasteiger partial charge in [0.25, 0.3) is 0 Å². The van der Waals surface area contributed by atoms with Crippen LogP contribution in [0, 0.1) is 0 Å². The molecule has 2 amide bonds. The minimum absolute atomic E-state index is 0.0916. The Bertz CT molecular complexity index is 1030. The fraction of sp³-hybridized carbons (Fsp3) is 0.667. The van der Waals surface area contributed by atoms with E-state index in [0.29, 0.717) is 16.5 Å². The first kappa shape index (κ1) is 24.4. The fourth-order valence-corrected chi connectivity index (χ4v) is 9.29. The maximum Gasteiger partial charge on any atom is 0.317 e. The summed E-state index contributed by atoms with van der Waals surface area (Å²) in [6.45, 7) is 12.2. The number of nitrogens with zero attached hydrogens (tertiary/aromatic N) is 2. The molecule has 0 spiro atoms. The highest BCUT2D eigenvalue weighted by Crippen LogP contribution is 2.50. The second-order valence-electron chi connectivity index (χ2n) is 9.97. The minimum Gasteiger partial charge on any atom is -0.358 e. The average Bonchev–Trinajstić information content (AvgIpc) is 3.49. The Morgan fingerprint density at radius 3 is 2.62 bits per heavy atom. The molecule has 1 aromatic heterocycles. The third kappa shape index (κ3) is 4.37. The lowest BCUT2D eigenvalue weighted by atomic mass is 9.73. The number of nitrogens with one attached hydrogen (secondary N) is 2. The molecule has 2 saturated heterocycles. The molecule has 1 aromatic carbocycles. The highest BCUT2D eigenvalue weighted by Gasteiger charge is 2.42. The lowest BCUT2D eigenvalue weighted by molar-refractivity contribution is 0.0978. The lowest BCUT2D eigenvalue weighted by Crippen LogP contribution is -2.58. The molecule has 2 fully saturated rings. The molecular weight excluding hydrogens is 460 g/mol. The van der Waals surface area contributed by atoms with Gasteiger partial charge in [-0.15, -0.1) is 23.5 Å². The van der Waals surface area contributed by atoms with E-state index in [1.54, 1.807) is 5.56 Å². The highest BCUT2D eigenvalue weighted by molar-refractivity contribution is 8.19. The number of urea groups is 1. The van der Waals surface area contributed by atoms with E-state index in [1.165, 1.54) is 39.2 Å². The van der Waals surface area contributed by atoms with Gasteiger partial charge in [-0.3, -0.25) is 4.90 Å². The summed E-state index contributed by atoms with van der Waals surface area (Å²) in [6, 6.07) is 5.79. The first-order valence-corrected chi connectivity index (χ1v) is 15.4. The zero-order chi connectivity index (χ0) is 23.8. The van der Waals surface area contributed by atoms with Crippen LogP contribution >= 0.6 is 23.5 Å². The van der Waals surface area contributed by atoms with Gasteiger partial charge in [0.15, 0.2) is 0 Å². The van der Waals surface area contributed by atoms with Crippen molar-refractivity contribution >= 4 is 40.5 Å². The number of piperidine rings is 1. The van der Waals surface area contributed by atoms with Crippen LogP contribution < -0.4 is 5.32 Å². The third-order valence-corrected chi connectivity index (χ3v) is 11.1. The van der Waals surface area contributed by atoms with Gasteiger partial charge in [0.05, 0.1) is 4.58 Å². The Labute approximate surface area is 213 Å². The van der Waals surface area contributed by atoms with Gasteiger partial charge in [-0.25, -0.2) is 4.79 Å². The number of rotatable bonds is 7. The summed E-state index contributed by atoms with van der Waals surface area (Å²) in [5, 5.41) is 4.90. The van der Waals surface area contributed by atoms with E-state index in [2.05, 4.69) is 78.6 Å². The van der Waals surface area contributed by atoms with Crippen molar-refractivity contribution in [3.63, 3.8) is 0 Å². The van der Waals surface area contributed by atoms with Gasteiger partial charge in [0.2, 0.25) is 0 Å². The molecular formula is C27H40N4OS2. The summed E-state index contributed by atoms with van der Waals surface area (Å²) in [5.74, 6) is 2.96. The molecule has 2 aliphatic heterocycles. The van der Waals surface area contributed by atoms with Crippen LogP contribution in [0.25, 0.3) is 10.9 Å². The lowest BCUT2D eigenvalue weighted by Gasteiger charge is -2.47. The molecule has 34 heavy (non-hydrogen) atoms. The second kappa shape index (κ2) is 10.4. The summed E-state index contributed by atoms with van der Waals surface area (Å²) in [6.07, 6.45) is 4.36. The number of H-pyrrole nitrogens is 1. The number of hydrogen-bond acceptors (Lipinski definition) is 4. The van der Waals surface area contributed by atoms with E-state index in [9.17, 15) is 4.79 Å². The summed E-state index contributed by atoms with van der Waals surface area (Å²) < 4.78 is 0.548. The molecule has 1 aliphatic carbocycles.